The summed E-state index contributed by atoms with van der Waals surface area (Å²) in [5.74, 6) is 0. The van der Waals surface area contributed by atoms with Crippen molar-refractivity contribution in [3.05, 3.63) is 27.3 Å². The van der Waals surface area contributed by atoms with Crippen LogP contribution in [0.4, 0.5) is 5.69 Å². The van der Waals surface area contributed by atoms with E-state index in [1.54, 1.807) is 0 Å². The molecule has 0 radical (unpaired) electrons. The Kier molecular flexibility index (Phi) is 5.26. The number of nitrogens with zero attached hydrogens (tertiary/aromatic N) is 2. The standard InChI is InChI=1S/C14H22IN3/c1-2-5-17-6-8-18(9-7-17)11-12-3-4-14(16)13(15)10-12/h3-4,10H,2,5-9,11,16H2,1H3. The molecule has 1 aromatic rings. The SMILES string of the molecule is CCCN1CCN(Cc2ccc(N)c(I)c2)CC1. The van der Waals surface area contributed by atoms with E-state index in [0.29, 0.717) is 0 Å². The normalized spacial score (nSPS) is 18.1. The highest BCUT2D eigenvalue weighted by atomic mass is 127. The van der Waals surface area contributed by atoms with Gasteiger partial charge in [0, 0.05) is 42.0 Å². The van der Waals surface area contributed by atoms with E-state index in [1.807, 2.05) is 6.07 Å². The van der Waals surface area contributed by atoms with Crippen LogP contribution in [-0.4, -0.2) is 42.5 Å². The van der Waals surface area contributed by atoms with Crippen LogP contribution < -0.4 is 5.73 Å². The summed E-state index contributed by atoms with van der Waals surface area (Å²) in [6, 6.07) is 6.37. The summed E-state index contributed by atoms with van der Waals surface area (Å²) in [4.78, 5) is 5.09. The Balaban J connectivity index is 1.85. The molecule has 0 atom stereocenters. The van der Waals surface area contributed by atoms with Gasteiger partial charge in [-0.25, -0.2) is 0 Å². The molecular formula is C14H22IN3. The molecule has 0 unspecified atom stereocenters. The Morgan fingerprint density at radius 1 is 1.17 bits per heavy atom. The number of halogens is 1. The molecule has 1 aromatic carbocycles. The third kappa shape index (κ3) is 3.83. The maximum Gasteiger partial charge on any atom is 0.0449 e. The lowest BCUT2D eigenvalue weighted by Crippen LogP contribution is -2.45. The minimum atomic E-state index is 0.882. The van der Waals surface area contributed by atoms with Crippen LogP contribution in [0.3, 0.4) is 0 Å². The van der Waals surface area contributed by atoms with E-state index in [1.165, 1.54) is 44.7 Å². The first-order chi connectivity index (χ1) is 8.69. The molecule has 100 valence electrons. The Bertz CT molecular complexity index is 387. The molecule has 2 rings (SSSR count). The summed E-state index contributed by atoms with van der Waals surface area (Å²) in [7, 11) is 0. The van der Waals surface area contributed by atoms with Crippen LogP contribution in [0.1, 0.15) is 18.9 Å². The smallest absolute Gasteiger partial charge is 0.0449 e. The summed E-state index contributed by atoms with van der Waals surface area (Å²) in [6.07, 6.45) is 1.26. The van der Waals surface area contributed by atoms with Crippen molar-refractivity contribution in [3.63, 3.8) is 0 Å². The summed E-state index contributed by atoms with van der Waals surface area (Å²) in [6.45, 7) is 9.33. The number of benzene rings is 1. The molecule has 4 heteroatoms. The molecule has 0 saturated carbocycles. The van der Waals surface area contributed by atoms with E-state index >= 15 is 0 Å². The van der Waals surface area contributed by atoms with Gasteiger partial charge in [0.2, 0.25) is 0 Å². The van der Waals surface area contributed by atoms with Crippen molar-refractivity contribution < 1.29 is 0 Å². The molecule has 1 aliphatic rings. The van der Waals surface area contributed by atoms with E-state index in [-0.39, 0.29) is 0 Å². The zero-order valence-electron chi connectivity index (χ0n) is 11.0. The van der Waals surface area contributed by atoms with Crippen LogP contribution >= 0.6 is 22.6 Å². The molecule has 0 aromatic heterocycles. The third-order valence-corrected chi connectivity index (χ3v) is 4.41. The maximum absolute atomic E-state index is 5.85. The Morgan fingerprint density at radius 2 is 1.83 bits per heavy atom. The number of rotatable bonds is 4. The molecular weight excluding hydrogens is 337 g/mol. The monoisotopic (exact) mass is 359 g/mol. The first kappa shape index (κ1) is 14.1. The van der Waals surface area contributed by atoms with Gasteiger partial charge in [0.15, 0.2) is 0 Å². The van der Waals surface area contributed by atoms with Crippen molar-refractivity contribution in [1.82, 2.24) is 9.80 Å². The fourth-order valence-corrected chi connectivity index (χ4v) is 2.99. The molecule has 0 spiro atoms. The largest absolute Gasteiger partial charge is 0.398 e. The van der Waals surface area contributed by atoms with E-state index in [0.717, 1.165) is 15.8 Å². The van der Waals surface area contributed by atoms with Gasteiger partial charge >= 0.3 is 0 Å². The van der Waals surface area contributed by atoms with Crippen molar-refractivity contribution in [2.45, 2.75) is 19.9 Å². The number of hydrogen-bond acceptors (Lipinski definition) is 3. The van der Waals surface area contributed by atoms with Crippen molar-refractivity contribution >= 4 is 28.3 Å². The van der Waals surface area contributed by atoms with Crippen LogP contribution in [0.15, 0.2) is 18.2 Å². The minimum absolute atomic E-state index is 0.882. The van der Waals surface area contributed by atoms with Crippen molar-refractivity contribution in [3.8, 4) is 0 Å². The van der Waals surface area contributed by atoms with Gasteiger partial charge in [0.25, 0.3) is 0 Å². The van der Waals surface area contributed by atoms with E-state index in [4.69, 9.17) is 5.73 Å². The van der Waals surface area contributed by atoms with Gasteiger partial charge in [-0.3, -0.25) is 4.90 Å². The average molecular weight is 359 g/mol. The molecule has 1 fully saturated rings. The van der Waals surface area contributed by atoms with Crippen LogP contribution in [0.5, 0.6) is 0 Å². The van der Waals surface area contributed by atoms with Gasteiger partial charge in [-0.05, 0) is 53.3 Å². The van der Waals surface area contributed by atoms with E-state index in [2.05, 4.69) is 51.4 Å². The molecule has 2 N–H and O–H groups in total. The van der Waals surface area contributed by atoms with Crippen molar-refractivity contribution in [1.29, 1.82) is 0 Å². The highest BCUT2D eigenvalue weighted by Crippen LogP contribution is 2.18. The van der Waals surface area contributed by atoms with Crippen molar-refractivity contribution in [2.75, 3.05) is 38.5 Å². The first-order valence-corrected chi connectivity index (χ1v) is 7.75. The fraction of sp³-hybridized carbons (Fsp3) is 0.571. The highest BCUT2D eigenvalue weighted by Gasteiger charge is 2.16. The predicted octanol–water partition coefficient (Wildman–Crippen LogP) is 2.40. The molecule has 1 heterocycles. The van der Waals surface area contributed by atoms with Gasteiger partial charge in [-0.2, -0.15) is 0 Å². The number of hydrogen-bond donors (Lipinski definition) is 1. The van der Waals surface area contributed by atoms with Crippen LogP contribution in [0.25, 0.3) is 0 Å². The first-order valence-electron chi connectivity index (χ1n) is 6.67. The number of piperazine rings is 1. The molecule has 1 saturated heterocycles. The van der Waals surface area contributed by atoms with Crippen LogP contribution in [0, 0.1) is 3.57 Å². The van der Waals surface area contributed by atoms with Gasteiger partial charge in [-0.15, -0.1) is 0 Å². The Hall–Kier alpha value is -0.330. The Morgan fingerprint density at radius 3 is 2.44 bits per heavy atom. The minimum Gasteiger partial charge on any atom is -0.398 e. The van der Waals surface area contributed by atoms with Gasteiger partial charge in [0.1, 0.15) is 0 Å². The van der Waals surface area contributed by atoms with Crippen LogP contribution in [0.2, 0.25) is 0 Å². The molecule has 1 aliphatic heterocycles. The second-order valence-electron chi connectivity index (χ2n) is 4.97. The fourth-order valence-electron chi connectivity index (χ4n) is 2.41. The summed E-state index contributed by atoms with van der Waals surface area (Å²) in [5.41, 5.74) is 8.10. The van der Waals surface area contributed by atoms with Gasteiger partial charge < -0.3 is 10.6 Å². The van der Waals surface area contributed by atoms with Crippen molar-refractivity contribution in [2.24, 2.45) is 0 Å². The number of nitrogen functional groups attached to an aromatic ring is 1. The Labute approximate surface area is 123 Å². The zero-order valence-corrected chi connectivity index (χ0v) is 13.2. The molecule has 3 nitrogen and oxygen atoms in total. The topological polar surface area (TPSA) is 32.5 Å². The van der Waals surface area contributed by atoms with Gasteiger partial charge in [0.05, 0.1) is 0 Å². The van der Waals surface area contributed by atoms with E-state index in [9.17, 15) is 0 Å². The lowest BCUT2D eigenvalue weighted by molar-refractivity contribution is 0.127. The second kappa shape index (κ2) is 6.73. The maximum atomic E-state index is 5.85. The molecule has 0 bridgehead atoms. The number of anilines is 1. The van der Waals surface area contributed by atoms with E-state index < -0.39 is 0 Å². The lowest BCUT2D eigenvalue weighted by atomic mass is 10.2. The van der Waals surface area contributed by atoms with Crippen LogP contribution in [-0.2, 0) is 6.54 Å². The quantitative estimate of drug-likeness (QED) is 0.662. The number of nitrogens with two attached hydrogens (primary N) is 1. The predicted molar refractivity (Wildman–Crippen MR) is 85.6 cm³/mol. The molecule has 0 amide bonds. The summed E-state index contributed by atoms with van der Waals surface area (Å²) < 4.78 is 1.16. The van der Waals surface area contributed by atoms with Gasteiger partial charge in [-0.1, -0.05) is 13.0 Å². The average Bonchev–Trinajstić information content (AvgIpc) is 2.37. The summed E-state index contributed by atoms with van der Waals surface area (Å²) in [5, 5.41) is 0. The summed E-state index contributed by atoms with van der Waals surface area (Å²) >= 11 is 2.31. The second-order valence-corrected chi connectivity index (χ2v) is 6.14. The highest BCUT2D eigenvalue weighted by molar-refractivity contribution is 14.1. The molecule has 18 heavy (non-hydrogen) atoms. The lowest BCUT2D eigenvalue weighted by Gasteiger charge is -2.34. The zero-order chi connectivity index (χ0) is 13.0. The third-order valence-electron chi connectivity index (χ3n) is 3.48. The molecule has 0 aliphatic carbocycles.